The van der Waals surface area contributed by atoms with Gasteiger partial charge in [-0.2, -0.15) is 8.42 Å². The molecular weight excluding hydrogens is 350 g/mol. The number of nitrogens with one attached hydrogen (secondary N) is 1. The lowest BCUT2D eigenvalue weighted by atomic mass is 9.81. The van der Waals surface area contributed by atoms with Crippen LogP contribution in [0.1, 0.15) is 20.3 Å². The second-order valence-corrected chi connectivity index (χ2v) is 9.04. The molecule has 3 fully saturated rings. The van der Waals surface area contributed by atoms with Crippen molar-refractivity contribution in [3.8, 4) is 0 Å². The third-order valence-corrected chi connectivity index (χ3v) is 7.36. The van der Waals surface area contributed by atoms with Gasteiger partial charge in [0.1, 0.15) is 19.3 Å². The number of esters is 1. The summed E-state index contributed by atoms with van der Waals surface area (Å²) < 4.78 is 40.3. The topological polar surface area (TPSA) is 108 Å². The Hall–Kier alpha value is -1.45. The van der Waals surface area contributed by atoms with Crippen molar-refractivity contribution in [1.82, 2.24) is 5.32 Å². The van der Waals surface area contributed by atoms with E-state index in [0.717, 1.165) is 6.08 Å². The van der Waals surface area contributed by atoms with Crippen molar-refractivity contribution >= 4 is 22.0 Å². The Balaban J connectivity index is 1.48. The van der Waals surface area contributed by atoms with Crippen molar-refractivity contribution in [2.24, 2.45) is 17.3 Å². The summed E-state index contributed by atoms with van der Waals surface area (Å²) in [6.45, 7) is 7.34. The largest absolute Gasteiger partial charge is 0.462 e. The van der Waals surface area contributed by atoms with Gasteiger partial charge in [-0.25, -0.2) is 0 Å². The Labute approximate surface area is 147 Å². The maximum Gasteiger partial charge on any atom is 0.325 e. The lowest BCUT2D eigenvalue weighted by Gasteiger charge is -2.26. The highest BCUT2D eigenvalue weighted by molar-refractivity contribution is 7.87. The number of amides is 1. The van der Waals surface area contributed by atoms with Crippen LogP contribution >= 0.6 is 0 Å². The molecule has 5 atom stereocenters. The Morgan fingerprint density at radius 2 is 2.08 bits per heavy atom. The Kier molecular flexibility index (Phi) is 4.67. The monoisotopic (exact) mass is 373 g/mol. The second-order valence-electron chi connectivity index (χ2n) is 7.26. The quantitative estimate of drug-likeness (QED) is 0.289. The van der Waals surface area contributed by atoms with Crippen LogP contribution in [0.5, 0.6) is 0 Å². The number of hydrogen-bond donors (Lipinski definition) is 1. The minimum atomic E-state index is -3.51. The fourth-order valence-electron chi connectivity index (χ4n) is 4.52. The lowest BCUT2D eigenvalue weighted by Crippen LogP contribution is -2.36. The molecule has 140 valence electrons. The third kappa shape index (κ3) is 3.09. The molecule has 0 spiro atoms. The van der Waals surface area contributed by atoms with Crippen LogP contribution in [0.3, 0.4) is 0 Å². The van der Waals surface area contributed by atoms with E-state index in [0.29, 0.717) is 6.42 Å². The van der Waals surface area contributed by atoms with E-state index < -0.39 is 33.3 Å². The van der Waals surface area contributed by atoms with E-state index in [1.807, 2.05) is 0 Å². The molecule has 1 N–H and O–H groups in total. The highest BCUT2D eigenvalue weighted by Gasteiger charge is 2.72. The Morgan fingerprint density at radius 3 is 2.76 bits per heavy atom. The number of carbonyl (C=O) groups excluding carboxylic acids is 2. The van der Waals surface area contributed by atoms with Gasteiger partial charge in [0.05, 0.1) is 18.0 Å². The summed E-state index contributed by atoms with van der Waals surface area (Å²) in [6, 6.07) is 0. The van der Waals surface area contributed by atoms with Crippen molar-refractivity contribution in [3.05, 3.63) is 12.7 Å². The van der Waals surface area contributed by atoms with Gasteiger partial charge in [0, 0.05) is 5.92 Å². The van der Waals surface area contributed by atoms with Gasteiger partial charge >= 0.3 is 5.97 Å². The number of rotatable bonds is 7. The van der Waals surface area contributed by atoms with Crippen LogP contribution in [0, 0.1) is 17.3 Å². The van der Waals surface area contributed by atoms with E-state index >= 15 is 0 Å². The molecule has 2 saturated carbocycles. The molecule has 1 aliphatic heterocycles. The van der Waals surface area contributed by atoms with Crippen molar-refractivity contribution in [2.75, 3.05) is 19.8 Å². The van der Waals surface area contributed by atoms with Gasteiger partial charge in [0.15, 0.2) is 0 Å². The molecule has 1 heterocycles. The van der Waals surface area contributed by atoms with E-state index in [4.69, 9.17) is 13.7 Å². The summed E-state index contributed by atoms with van der Waals surface area (Å²) in [6.07, 6.45) is 0.851. The summed E-state index contributed by atoms with van der Waals surface area (Å²) >= 11 is 0. The molecule has 8 nitrogen and oxygen atoms in total. The third-order valence-electron chi connectivity index (χ3n) is 5.64. The SMILES string of the molecule is C=CC(=O)NCC(=O)OCCOC1C2OS(=O)(=O)C3CC1C(C)(C)C23. The zero-order valence-corrected chi connectivity index (χ0v) is 15.1. The molecule has 3 rings (SSSR count). The molecule has 1 amide bonds. The Morgan fingerprint density at radius 1 is 1.36 bits per heavy atom. The van der Waals surface area contributed by atoms with Crippen LogP contribution in [-0.4, -0.2) is 57.5 Å². The van der Waals surface area contributed by atoms with Crippen LogP contribution in [-0.2, 0) is 33.4 Å². The van der Waals surface area contributed by atoms with E-state index in [9.17, 15) is 18.0 Å². The molecule has 5 unspecified atom stereocenters. The van der Waals surface area contributed by atoms with Gasteiger partial charge in [0.2, 0.25) is 5.91 Å². The van der Waals surface area contributed by atoms with Crippen molar-refractivity contribution in [1.29, 1.82) is 0 Å². The van der Waals surface area contributed by atoms with Gasteiger partial charge in [0.25, 0.3) is 10.1 Å². The maximum absolute atomic E-state index is 12.1. The molecule has 2 aliphatic carbocycles. The minimum Gasteiger partial charge on any atom is -0.462 e. The van der Waals surface area contributed by atoms with Gasteiger partial charge in [-0.3, -0.25) is 13.8 Å². The Bertz CT molecular complexity index is 687. The van der Waals surface area contributed by atoms with Crippen LogP contribution in [0.2, 0.25) is 0 Å². The molecule has 9 heteroatoms. The summed E-state index contributed by atoms with van der Waals surface area (Å²) in [5.74, 6) is -0.977. The first-order chi connectivity index (χ1) is 11.7. The predicted octanol–water partition coefficient (Wildman–Crippen LogP) is -0.00990. The summed E-state index contributed by atoms with van der Waals surface area (Å²) in [7, 11) is -3.51. The second kappa shape index (κ2) is 6.37. The molecule has 25 heavy (non-hydrogen) atoms. The van der Waals surface area contributed by atoms with E-state index in [1.54, 1.807) is 0 Å². The van der Waals surface area contributed by atoms with E-state index in [2.05, 4.69) is 25.7 Å². The minimum absolute atomic E-state index is 0.0278. The molecule has 0 aromatic carbocycles. The summed E-state index contributed by atoms with van der Waals surface area (Å²) in [5.41, 5.74) is -0.158. The maximum atomic E-state index is 12.1. The first-order valence-corrected chi connectivity index (χ1v) is 9.75. The summed E-state index contributed by atoms with van der Waals surface area (Å²) in [5, 5.41) is 1.89. The first kappa shape index (κ1) is 18.3. The van der Waals surface area contributed by atoms with Crippen molar-refractivity contribution in [2.45, 2.75) is 37.7 Å². The molecule has 1 saturated heterocycles. The molecule has 0 radical (unpaired) electrons. The molecule has 0 aromatic rings. The average molecular weight is 373 g/mol. The molecule has 3 aliphatic rings. The number of hydrogen-bond acceptors (Lipinski definition) is 7. The molecule has 2 bridgehead atoms. The van der Waals surface area contributed by atoms with Crippen LogP contribution in [0.25, 0.3) is 0 Å². The molecule has 0 aromatic heterocycles. The van der Waals surface area contributed by atoms with Crippen LogP contribution < -0.4 is 5.32 Å². The smallest absolute Gasteiger partial charge is 0.325 e. The van der Waals surface area contributed by atoms with E-state index in [1.165, 1.54) is 0 Å². The average Bonchev–Trinajstić information content (AvgIpc) is 3.01. The normalized spacial score (nSPS) is 36.2. The van der Waals surface area contributed by atoms with Gasteiger partial charge < -0.3 is 14.8 Å². The number of ether oxygens (including phenoxy) is 2. The van der Waals surface area contributed by atoms with Gasteiger partial charge in [-0.1, -0.05) is 20.4 Å². The summed E-state index contributed by atoms with van der Waals surface area (Å²) in [4.78, 5) is 22.4. The number of fused-ring (bicyclic) bond motifs is 1. The fourth-order valence-corrected chi connectivity index (χ4v) is 6.51. The lowest BCUT2D eigenvalue weighted by molar-refractivity contribution is -0.146. The fraction of sp³-hybridized carbons (Fsp3) is 0.750. The highest BCUT2D eigenvalue weighted by Crippen LogP contribution is 2.64. The highest BCUT2D eigenvalue weighted by atomic mass is 32.2. The van der Waals surface area contributed by atoms with Crippen LogP contribution in [0.15, 0.2) is 12.7 Å². The first-order valence-electron chi connectivity index (χ1n) is 8.28. The van der Waals surface area contributed by atoms with Gasteiger partial charge in [-0.05, 0) is 23.8 Å². The zero-order valence-electron chi connectivity index (χ0n) is 14.3. The van der Waals surface area contributed by atoms with Crippen molar-refractivity contribution < 1.29 is 31.7 Å². The van der Waals surface area contributed by atoms with Gasteiger partial charge in [-0.15, -0.1) is 0 Å². The van der Waals surface area contributed by atoms with Crippen LogP contribution in [0.4, 0.5) is 0 Å². The van der Waals surface area contributed by atoms with Crippen molar-refractivity contribution in [3.63, 3.8) is 0 Å². The zero-order chi connectivity index (χ0) is 18.4. The predicted molar refractivity (Wildman–Crippen MR) is 86.9 cm³/mol. The van der Waals surface area contributed by atoms with E-state index in [-0.39, 0.29) is 43.1 Å². The molecular formula is C16H23NO7S. The number of carbonyl (C=O) groups is 2. The standard InChI is InChI=1S/C16H23NO7S/c1-4-11(18)17-8-12(19)22-5-6-23-14-9-7-10-13(16(9,2)3)15(14)24-25(10,20)21/h4,9-10,13-15H,1,5-8H2,2-3H3,(H,17,18).